The van der Waals surface area contributed by atoms with Gasteiger partial charge in [0.2, 0.25) is 5.91 Å². The fourth-order valence-electron chi connectivity index (χ4n) is 3.03. The Balaban J connectivity index is 2.11. The first-order chi connectivity index (χ1) is 12.6. The Morgan fingerprint density at radius 3 is 2.52 bits per heavy atom. The molecule has 2 rings (SSSR count). The highest BCUT2D eigenvalue weighted by Gasteiger charge is 2.39. The third-order valence-electron chi connectivity index (χ3n) is 4.68. The Morgan fingerprint density at radius 1 is 1.26 bits per heavy atom. The van der Waals surface area contributed by atoms with Gasteiger partial charge in [0.25, 0.3) is 5.91 Å². The molecular weight excluding hydrogens is 350 g/mol. The molecule has 0 bridgehead atoms. The number of esters is 1. The van der Waals surface area contributed by atoms with Crippen molar-refractivity contribution in [3.8, 4) is 0 Å². The molecule has 4 amide bonds. The normalized spacial score (nSPS) is 17.7. The van der Waals surface area contributed by atoms with Crippen LogP contribution in [0.4, 0.5) is 10.5 Å². The number of nitrogens with two attached hydrogens (primary N) is 1. The highest BCUT2D eigenvalue weighted by molar-refractivity contribution is 6.01. The molecule has 1 aromatic rings. The molecule has 8 heteroatoms. The molecule has 146 valence electrons. The summed E-state index contributed by atoms with van der Waals surface area (Å²) in [5.41, 5.74) is 7.74. The van der Waals surface area contributed by atoms with E-state index in [1.807, 2.05) is 37.4 Å². The van der Waals surface area contributed by atoms with E-state index in [-0.39, 0.29) is 24.8 Å². The number of anilines is 1. The Hall–Kier alpha value is -2.90. The molecule has 0 spiro atoms. The fourth-order valence-corrected chi connectivity index (χ4v) is 3.03. The van der Waals surface area contributed by atoms with Gasteiger partial charge in [-0.25, -0.2) is 4.79 Å². The standard InChI is InChI=1S/C19H25N3O5/c1-10(2)16(17(24)21-19(20)26)27-18(25)13-8-15(23)22(9-13)14-7-5-6-11(3)12(14)4/h5-7,10,13,16H,8-9H2,1-4H3,(H3,20,21,24,26)/t13-,16+/m0/s1. The number of ether oxygens (including phenoxy) is 1. The predicted octanol–water partition coefficient (Wildman–Crippen LogP) is 1.42. The lowest BCUT2D eigenvalue weighted by molar-refractivity contribution is -0.161. The lowest BCUT2D eigenvalue weighted by atomic mass is 10.1. The monoisotopic (exact) mass is 375 g/mol. The molecule has 0 radical (unpaired) electrons. The topological polar surface area (TPSA) is 119 Å². The number of imide groups is 1. The van der Waals surface area contributed by atoms with Gasteiger partial charge in [0.15, 0.2) is 6.10 Å². The molecule has 0 aliphatic carbocycles. The van der Waals surface area contributed by atoms with Crippen molar-refractivity contribution < 1.29 is 23.9 Å². The number of carbonyl (C=O) groups excluding carboxylic acids is 4. The molecule has 0 saturated carbocycles. The van der Waals surface area contributed by atoms with Crippen molar-refractivity contribution in [1.82, 2.24) is 5.32 Å². The van der Waals surface area contributed by atoms with Crippen LogP contribution in [-0.2, 0) is 19.1 Å². The van der Waals surface area contributed by atoms with Crippen molar-refractivity contribution in [1.29, 1.82) is 0 Å². The maximum atomic E-state index is 12.5. The first kappa shape index (κ1) is 20.4. The molecule has 8 nitrogen and oxygen atoms in total. The second-order valence-electron chi connectivity index (χ2n) is 7.08. The van der Waals surface area contributed by atoms with Gasteiger partial charge in [-0.1, -0.05) is 26.0 Å². The number of hydrogen-bond acceptors (Lipinski definition) is 5. The van der Waals surface area contributed by atoms with Crippen molar-refractivity contribution in [3.63, 3.8) is 0 Å². The minimum Gasteiger partial charge on any atom is -0.452 e. The van der Waals surface area contributed by atoms with E-state index in [4.69, 9.17) is 10.5 Å². The van der Waals surface area contributed by atoms with Crippen LogP contribution in [-0.4, -0.2) is 36.5 Å². The number of benzene rings is 1. The summed E-state index contributed by atoms with van der Waals surface area (Å²) in [7, 11) is 0. The number of hydrogen-bond donors (Lipinski definition) is 2. The Kier molecular flexibility index (Phi) is 6.20. The Bertz CT molecular complexity index is 775. The zero-order valence-corrected chi connectivity index (χ0v) is 15.9. The quantitative estimate of drug-likeness (QED) is 0.755. The molecule has 2 atom stereocenters. The minimum absolute atomic E-state index is 0.00840. The van der Waals surface area contributed by atoms with Gasteiger partial charge in [0.1, 0.15) is 0 Å². The van der Waals surface area contributed by atoms with E-state index in [1.165, 1.54) is 0 Å². The lowest BCUT2D eigenvalue weighted by Gasteiger charge is -2.22. The van der Waals surface area contributed by atoms with E-state index in [0.29, 0.717) is 0 Å². The predicted molar refractivity (Wildman–Crippen MR) is 98.8 cm³/mol. The summed E-state index contributed by atoms with van der Waals surface area (Å²) in [6.07, 6.45) is -1.15. The van der Waals surface area contributed by atoms with Crippen LogP contribution in [0, 0.1) is 25.7 Å². The Labute approximate surface area is 158 Å². The van der Waals surface area contributed by atoms with Crippen LogP contribution < -0.4 is 16.0 Å². The molecule has 0 unspecified atom stereocenters. The van der Waals surface area contributed by atoms with Gasteiger partial charge >= 0.3 is 12.0 Å². The second-order valence-corrected chi connectivity index (χ2v) is 7.08. The van der Waals surface area contributed by atoms with Crippen LogP contribution in [0.2, 0.25) is 0 Å². The maximum absolute atomic E-state index is 12.5. The van der Waals surface area contributed by atoms with E-state index in [1.54, 1.807) is 18.7 Å². The molecule has 0 aromatic heterocycles. The molecule has 1 saturated heterocycles. The van der Waals surface area contributed by atoms with Gasteiger partial charge in [-0.05, 0) is 37.0 Å². The number of aryl methyl sites for hydroxylation is 1. The summed E-state index contributed by atoms with van der Waals surface area (Å²) in [4.78, 5) is 49.4. The molecule has 1 aromatic carbocycles. The number of urea groups is 1. The third-order valence-corrected chi connectivity index (χ3v) is 4.68. The van der Waals surface area contributed by atoms with Crippen molar-refractivity contribution >= 4 is 29.5 Å². The van der Waals surface area contributed by atoms with Gasteiger partial charge in [-0.3, -0.25) is 19.7 Å². The van der Waals surface area contributed by atoms with E-state index >= 15 is 0 Å². The zero-order chi connectivity index (χ0) is 20.3. The number of nitrogens with zero attached hydrogens (tertiary/aromatic N) is 1. The largest absolute Gasteiger partial charge is 0.452 e. The zero-order valence-electron chi connectivity index (χ0n) is 15.9. The third kappa shape index (κ3) is 4.64. The van der Waals surface area contributed by atoms with Crippen molar-refractivity contribution in [2.75, 3.05) is 11.4 Å². The Morgan fingerprint density at radius 2 is 1.93 bits per heavy atom. The van der Waals surface area contributed by atoms with Crippen LogP contribution >= 0.6 is 0 Å². The van der Waals surface area contributed by atoms with E-state index in [2.05, 4.69) is 0 Å². The van der Waals surface area contributed by atoms with E-state index in [0.717, 1.165) is 16.8 Å². The van der Waals surface area contributed by atoms with Crippen LogP contribution in [0.3, 0.4) is 0 Å². The second kappa shape index (κ2) is 8.20. The number of primary amides is 1. The number of rotatable bonds is 5. The summed E-state index contributed by atoms with van der Waals surface area (Å²) in [6, 6.07) is 4.64. The van der Waals surface area contributed by atoms with E-state index in [9.17, 15) is 19.2 Å². The number of amides is 4. The summed E-state index contributed by atoms with van der Waals surface area (Å²) in [6.45, 7) is 7.42. The van der Waals surface area contributed by atoms with Gasteiger partial charge < -0.3 is 15.4 Å². The summed E-state index contributed by atoms with van der Waals surface area (Å²) in [5, 5.41) is 1.92. The van der Waals surface area contributed by atoms with Crippen LogP contribution in [0.15, 0.2) is 18.2 Å². The average Bonchev–Trinajstić information content (AvgIpc) is 2.95. The first-order valence-electron chi connectivity index (χ1n) is 8.79. The van der Waals surface area contributed by atoms with Crippen LogP contribution in [0.5, 0.6) is 0 Å². The summed E-state index contributed by atoms with van der Waals surface area (Å²) in [5.74, 6) is -2.63. The molecule has 1 heterocycles. The smallest absolute Gasteiger partial charge is 0.318 e. The van der Waals surface area contributed by atoms with Gasteiger partial charge in [-0.2, -0.15) is 0 Å². The highest BCUT2D eigenvalue weighted by Crippen LogP contribution is 2.30. The first-order valence-corrected chi connectivity index (χ1v) is 8.79. The van der Waals surface area contributed by atoms with Crippen LogP contribution in [0.25, 0.3) is 0 Å². The minimum atomic E-state index is -1.16. The SMILES string of the molecule is Cc1cccc(N2C[C@@H](C(=O)O[C@@H](C(=O)NC(N)=O)C(C)C)CC2=O)c1C. The average molecular weight is 375 g/mol. The fraction of sp³-hybridized carbons (Fsp3) is 0.474. The van der Waals surface area contributed by atoms with Crippen molar-refractivity contribution in [2.45, 2.75) is 40.2 Å². The summed E-state index contributed by atoms with van der Waals surface area (Å²) >= 11 is 0. The molecule has 27 heavy (non-hydrogen) atoms. The molecular formula is C19H25N3O5. The van der Waals surface area contributed by atoms with E-state index < -0.39 is 29.9 Å². The number of carbonyl (C=O) groups is 4. The van der Waals surface area contributed by atoms with Crippen LogP contribution in [0.1, 0.15) is 31.4 Å². The van der Waals surface area contributed by atoms with Crippen molar-refractivity contribution in [3.05, 3.63) is 29.3 Å². The number of nitrogens with one attached hydrogen (secondary N) is 1. The summed E-state index contributed by atoms with van der Waals surface area (Å²) < 4.78 is 5.31. The molecule has 3 N–H and O–H groups in total. The molecule has 1 aliphatic rings. The lowest BCUT2D eigenvalue weighted by Crippen LogP contribution is -2.46. The van der Waals surface area contributed by atoms with Gasteiger partial charge in [0, 0.05) is 18.7 Å². The highest BCUT2D eigenvalue weighted by atomic mass is 16.5. The maximum Gasteiger partial charge on any atom is 0.318 e. The molecule has 1 aliphatic heterocycles. The van der Waals surface area contributed by atoms with Gasteiger partial charge in [0.05, 0.1) is 5.92 Å². The van der Waals surface area contributed by atoms with Crippen molar-refractivity contribution in [2.24, 2.45) is 17.6 Å². The van der Waals surface area contributed by atoms with Gasteiger partial charge in [-0.15, -0.1) is 0 Å². The molecule has 1 fully saturated rings.